The van der Waals surface area contributed by atoms with Gasteiger partial charge in [0.1, 0.15) is 5.69 Å². The van der Waals surface area contributed by atoms with Crippen LogP contribution in [0.15, 0.2) is 52.2 Å². The monoisotopic (exact) mass is 465 g/mol. The van der Waals surface area contributed by atoms with Crippen LogP contribution in [0.3, 0.4) is 0 Å². The van der Waals surface area contributed by atoms with Crippen molar-refractivity contribution < 1.29 is 27.1 Å². The number of ether oxygens (including phenoxy) is 1. The molecule has 0 spiro atoms. The molecule has 2 aromatic heterocycles. The molecule has 1 aliphatic rings. The predicted molar refractivity (Wildman–Crippen MR) is 111 cm³/mol. The summed E-state index contributed by atoms with van der Waals surface area (Å²) in [5.41, 5.74) is 0.331. The third-order valence-electron chi connectivity index (χ3n) is 4.57. The molecule has 3 aromatic rings. The van der Waals surface area contributed by atoms with Gasteiger partial charge in [0.2, 0.25) is 5.91 Å². The fourth-order valence-electron chi connectivity index (χ4n) is 3.05. The zero-order valence-electron chi connectivity index (χ0n) is 16.6. The summed E-state index contributed by atoms with van der Waals surface area (Å²) in [6.07, 6.45) is -2.89. The zero-order chi connectivity index (χ0) is 22.6. The van der Waals surface area contributed by atoms with Crippen molar-refractivity contribution in [1.29, 1.82) is 0 Å². The molecule has 0 atom stereocenters. The van der Waals surface area contributed by atoms with Crippen molar-refractivity contribution in [2.24, 2.45) is 0 Å². The van der Waals surface area contributed by atoms with Crippen molar-refractivity contribution in [3.05, 3.63) is 48.2 Å². The molecule has 168 valence electrons. The van der Waals surface area contributed by atoms with E-state index in [-0.39, 0.29) is 16.9 Å². The summed E-state index contributed by atoms with van der Waals surface area (Å²) in [4.78, 5) is 18.4. The van der Waals surface area contributed by atoms with E-state index < -0.39 is 17.6 Å². The van der Waals surface area contributed by atoms with Crippen LogP contribution in [0.25, 0.3) is 11.6 Å². The lowest BCUT2D eigenvalue weighted by Crippen LogP contribution is -2.37. The number of benzene rings is 1. The van der Waals surface area contributed by atoms with Gasteiger partial charge in [-0.25, -0.2) is 0 Å². The van der Waals surface area contributed by atoms with Crippen LogP contribution in [0.1, 0.15) is 5.56 Å². The summed E-state index contributed by atoms with van der Waals surface area (Å²) in [7, 11) is 0. The van der Waals surface area contributed by atoms with Crippen LogP contribution >= 0.6 is 11.8 Å². The van der Waals surface area contributed by atoms with Gasteiger partial charge < -0.3 is 19.4 Å². The summed E-state index contributed by atoms with van der Waals surface area (Å²) < 4.78 is 50.4. The normalized spacial score (nSPS) is 14.4. The van der Waals surface area contributed by atoms with Crippen LogP contribution in [-0.2, 0) is 15.7 Å². The lowest BCUT2D eigenvalue weighted by molar-refractivity contribution is -0.137. The molecule has 0 bridgehead atoms. The number of hydrogen-bond acceptors (Lipinski definition) is 8. The van der Waals surface area contributed by atoms with E-state index in [1.54, 1.807) is 29.3 Å². The number of hydrogen-bond donors (Lipinski definition) is 1. The number of aromatic nitrogens is 3. The van der Waals surface area contributed by atoms with Crippen molar-refractivity contribution in [3.63, 3.8) is 0 Å². The minimum absolute atomic E-state index is 0.0621. The molecule has 1 fully saturated rings. The van der Waals surface area contributed by atoms with Gasteiger partial charge in [-0.15, -0.1) is 10.2 Å². The van der Waals surface area contributed by atoms with Gasteiger partial charge in [0.25, 0.3) is 11.1 Å². The number of carbonyl (C=O) groups is 1. The van der Waals surface area contributed by atoms with Crippen molar-refractivity contribution in [3.8, 4) is 11.6 Å². The lowest BCUT2D eigenvalue weighted by Gasteiger charge is -2.31. The van der Waals surface area contributed by atoms with Crippen molar-refractivity contribution in [2.75, 3.05) is 42.3 Å². The van der Waals surface area contributed by atoms with E-state index in [9.17, 15) is 18.0 Å². The number of halogens is 3. The fraction of sp³-hybridized carbons (Fsp3) is 0.300. The number of morpholine rings is 1. The van der Waals surface area contributed by atoms with Crippen molar-refractivity contribution >= 4 is 29.0 Å². The summed E-state index contributed by atoms with van der Waals surface area (Å²) in [5.74, 6) is -0.249. The Kier molecular flexibility index (Phi) is 6.61. The number of alkyl halides is 3. The van der Waals surface area contributed by atoms with E-state index >= 15 is 0 Å². The second-order valence-corrected chi connectivity index (χ2v) is 7.68. The average Bonchev–Trinajstić information content (AvgIpc) is 3.28. The first-order valence-corrected chi connectivity index (χ1v) is 10.6. The zero-order valence-corrected chi connectivity index (χ0v) is 17.4. The summed E-state index contributed by atoms with van der Waals surface area (Å²) in [6, 6.07) is 8.51. The van der Waals surface area contributed by atoms with Crippen LogP contribution in [0.4, 0.5) is 24.5 Å². The molecule has 0 radical (unpaired) electrons. The van der Waals surface area contributed by atoms with Gasteiger partial charge in [0.05, 0.1) is 35.9 Å². The Morgan fingerprint density at radius 2 is 1.97 bits per heavy atom. The molecule has 12 heteroatoms. The molecule has 1 amide bonds. The summed E-state index contributed by atoms with van der Waals surface area (Å²) in [6.45, 7) is 1.65. The van der Waals surface area contributed by atoms with E-state index in [0.717, 1.165) is 23.9 Å². The van der Waals surface area contributed by atoms with E-state index in [4.69, 9.17) is 9.15 Å². The van der Waals surface area contributed by atoms with Gasteiger partial charge >= 0.3 is 6.18 Å². The highest BCUT2D eigenvalue weighted by molar-refractivity contribution is 7.99. The minimum atomic E-state index is -4.48. The van der Waals surface area contributed by atoms with Gasteiger partial charge in [-0.1, -0.05) is 17.8 Å². The lowest BCUT2D eigenvalue weighted by atomic mass is 10.1. The average molecular weight is 465 g/mol. The summed E-state index contributed by atoms with van der Waals surface area (Å²) in [5, 5.41) is 10.6. The third-order valence-corrected chi connectivity index (χ3v) is 5.39. The molecule has 32 heavy (non-hydrogen) atoms. The molecule has 1 N–H and O–H groups in total. The van der Waals surface area contributed by atoms with E-state index in [0.29, 0.717) is 43.4 Å². The van der Waals surface area contributed by atoms with Crippen molar-refractivity contribution in [1.82, 2.24) is 15.2 Å². The Balaban J connectivity index is 1.44. The molecule has 0 unspecified atom stereocenters. The number of nitrogens with one attached hydrogen (secondary N) is 1. The standard InChI is InChI=1S/C20H18F3N5O3S/c21-20(22,23)13-4-5-14(16(11-13)28-7-9-30-10-8-28)25-17(29)12-32-19-27-26-18(31-19)15-3-1-2-6-24-15/h1-6,11H,7-10,12H2,(H,25,29). The number of carbonyl (C=O) groups excluding carboxylic acids is 1. The Labute approximate surface area is 185 Å². The highest BCUT2D eigenvalue weighted by atomic mass is 32.2. The van der Waals surface area contributed by atoms with Crippen molar-refractivity contribution in [2.45, 2.75) is 11.4 Å². The van der Waals surface area contributed by atoms with E-state index in [2.05, 4.69) is 20.5 Å². The molecular weight excluding hydrogens is 447 g/mol. The second kappa shape index (κ2) is 9.57. The largest absolute Gasteiger partial charge is 0.416 e. The molecule has 3 heterocycles. The Morgan fingerprint density at radius 1 is 1.16 bits per heavy atom. The van der Waals surface area contributed by atoms with Crippen LogP contribution < -0.4 is 10.2 Å². The van der Waals surface area contributed by atoms with Gasteiger partial charge in [-0.3, -0.25) is 9.78 Å². The topological polar surface area (TPSA) is 93.4 Å². The number of nitrogens with zero attached hydrogens (tertiary/aromatic N) is 4. The predicted octanol–water partition coefficient (Wildman–Crippen LogP) is 3.72. The first-order valence-electron chi connectivity index (χ1n) is 9.61. The van der Waals surface area contributed by atoms with Gasteiger partial charge in [-0.2, -0.15) is 13.2 Å². The molecule has 1 saturated heterocycles. The van der Waals surface area contributed by atoms with E-state index in [1.807, 2.05) is 0 Å². The highest BCUT2D eigenvalue weighted by Gasteiger charge is 2.32. The fourth-order valence-corrected chi connectivity index (χ4v) is 3.62. The van der Waals surface area contributed by atoms with Gasteiger partial charge in [0, 0.05) is 19.3 Å². The third kappa shape index (κ3) is 5.37. The maximum Gasteiger partial charge on any atom is 0.416 e. The minimum Gasteiger partial charge on any atom is -0.410 e. The molecule has 4 rings (SSSR count). The highest BCUT2D eigenvalue weighted by Crippen LogP contribution is 2.36. The Bertz CT molecular complexity index is 1070. The quantitative estimate of drug-likeness (QED) is 0.551. The van der Waals surface area contributed by atoms with Crippen LogP contribution in [0.2, 0.25) is 0 Å². The van der Waals surface area contributed by atoms with Gasteiger partial charge in [-0.05, 0) is 30.3 Å². The molecule has 1 aromatic carbocycles. The molecule has 1 aliphatic heterocycles. The van der Waals surface area contributed by atoms with Crippen LogP contribution in [0, 0.1) is 0 Å². The molecule has 0 aliphatic carbocycles. The molecule has 8 nitrogen and oxygen atoms in total. The summed E-state index contributed by atoms with van der Waals surface area (Å²) >= 11 is 1.02. The SMILES string of the molecule is O=C(CSc1nnc(-c2ccccn2)o1)Nc1ccc(C(F)(F)F)cc1N1CCOCC1. The second-order valence-electron chi connectivity index (χ2n) is 6.75. The molecule has 0 saturated carbocycles. The number of rotatable bonds is 6. The molecular formula is C20H18F3N5O3S. The first-order chi connectivity index (χ1) is 15.4. The number of pyridine rings is 1. The van der Waals surface area contributed by atoms with Crippen LogP contribution in [0.5, 0.6) is 0 Å². The number of thioether (sulfide) groups is 1. The van der Waals surface area contributed by atoms with Gasteiger partial charge in [0.15, 0.2) is 0 Å². The van der Waals surface area contributed by atoms with E-state index in [1.165, 1.54) is 6.07 Å². The number of anilines is 2. The first kappa shape index (κ1) is 22.1. The maximum absolute atomic E-state index is 13.2. The maximum atomic E-state index is 13.2. The smallest absolute Gasteiger partial charge is 0.410 e. The van der Waals surface area contributed by atoms with Crippen LogP contribution in [-0.4, -0.2) is 53.1 Å². The Morgan fingerprint density at radius 3 is 2.69 bits per heavy atom. The Hall–Kier alpha value is -3.12. The number of amides is 1.